The number of hydrogen-bond acceptors (Lipinski definition) is 2. The molecule has 1 radical (unpaired) electrons. The quantitative estimate of drug-likeness (QED) is 0.675. The Morgan fingerprint density at radius 2 is 1.07 bits per heavy atom. The van der Waals surface area contributed by atoms with Crippen molar-refractivity contribution in [3.05, 3.63) is 118 Å². The van der Waals surface area contributed by atoms with Crippen molar-refractivity contribution in [3.63, 3.8) is 0 Å². The van der Waals surface area contributed by atoms with Crippen molar-refractivity contribution >= 4 is 31.0 Å². The van der Waals surface area contributed by atoms with Crippen LogP contribution >= 0.6 is 0 Å². The lowest BCUT2D eigenvalue weighted by Gasteiger charge is -2.36. The van der Waals surface area contributed by atoms with Crippen molar-refractivity contribution in [1.82, 2.24) is 0 Å². The lowest BCUT2D eigenvalue weighted by atomic mass is 9.65. The largest absolute Gasteiger partial charge is 0.482 e. The maximum absolute atomic E-state index is 7.00. The van der Waals surface area contributed by atoms with Crippen molar-refractivity contribution in [3.8, 4) is 0 Å². The van der Waals surface area contributed by atoms with Gasteiger partial charge in [-0.05, 0) is 56.7 Å². The van der Waals surface area contributed by atoms with Gasteiger partial charge in [0.1, 0.15) is 0 Å². The van der Waals surface area contributed by atoms with Gasteiger partial charge in [-0.15, -0.1) is 0 Å². The van der Waals surface area contributed by atoms with Crippen LogP contribution in [-0.4, -0.2) is 17.7 Å². The third-order valence-corrected chi connectivity index (χ3v) is 5.82. The molecule has 2 nitrogen and oxygen atoms in total. The number of rotatable bonds is 0. The molecule has 28 heavy (non-hydrogen) atoms. The lowest BCUT2D eigenvalue weighted by Crippen LogP contribution is -2.24. The molecule has 0 aliphatic heterocycles. The Morgan fingerprint density at radius 3 is 1.54 bits per heavy atom. The summed E-state index contributed by atoms with van der Waals surface area (Å²) in [6.45, 7) is 0. The first-order valence-corrected chi connectivity index (χ1v) is 9.31. The predicted octanol–water partition coefficient (Wildman–Crippen LogP) is 4.58. The summed E-state index contributed by atoms with van der Waals surface area (Å²) in [4.78, 5) is 0. The lowest BCUT2D eigenvalue weighted by molar-refractivity contribution is 0.448. The van der Waals surface area contributed by atoms with Gasteiger partial charge in [-0.2, -0.15) is 0 Å². The third-order valence-electron chi connectivity index (χ3n) is 5.82. The van der Waals surface area contributed by atoms with Gasteiger partial charge in [0.2, 0.25) is 0 Å². The third kappa shape index (κ3) is 2.30. The Morgan fingerprint density at radius 1 is 0.643 bits per heavy atom. The zero-order valence-electron chi connectivity index (χ0n) is 15.2. The van der Waals surface area contributed by atoms with Gasteiger partial charge >= 0.3 is 7.69 Å². The van der Waals surface area contributed by atoms with E-state index >= 15 is 0 Å². The van der Waals surface area contributed by atoms with Crippen molar-refractivity contribution in [1.29, 1.82) is 0 Å². The smallest absolute Gasteiger partial charge is 0.429 e. The first-order chi connectivity index (χ1) is 13.8. The summed E-state index contributed by atoms with van der Waals surface area (Å²) in [5, 5.41) is 14.0. The number of hydrogen-bond donors (Lipinski definition) is 2. The van der Waals surface area contributed by atoms with Crippen molar-refractivity contribution in [2.24, 2.45) is 5.41 Å². The minimum Gasteiger partial charge on any atom is -0.429 e. The number of fused-ring (bicyclic) bond motifs is 8. The van der Waals surface area contributed by atoms with Crippen molar-refractivity contribution in [2.45, 2.75) is 0 Å². The molecule has 4 aliphatic carbocycles. The van der Waals surface area contributed by atoms with Crippen molar-refractivity contribution < 1.29 is 10.0 Å². The SMILES string of the molecule is C1=CC2(C=CC=C3C2=Cc2ccccc23)C2=Cc3ccccc3C2=C1.O[B]O. The Balaban J connectivity index is 0.000000538. The second-order valence-corrected chi connectivity index (χ2v) is 7.15. The summed E-state index contributed by atoms with van der Waals surface area (Å²) in [6.07, 6.45) is 18.4. The molecule has 0 saturated heterocycles. The van der Waals surface area contributed by atoms with E-state index < -0.39 is 0 Å². The van der Waals surface area contributed by atoms with Crippen LogP contribution in [-0.2, 0) is 0 Å². The van der Waals surface area contributed by atoms with E-state index in [4.69, 9.17) is 10.0 Å². The van der Waals surface area contributed by atoms with E-state index in [1.807, 2.05) is 0 Å². The maximum atomic E-state index is 7.00. The van der Waals surface area contributed by atoms with Gasteiger partial charge in [0.05, 0.1) is 5.41 Å². The van der Waals surface area contributed by atoms with Crippen LogP contribution in [0.25, 0.3) is 23.3 Å². The highest BCUT2D eigenvalue weighted by Crippen LogP contribution is 2.58. The van der Waals surface area contributed by atoms with Crippen LogP contribution in [0.3, 0.4) is 0 Å². The van der Waals surface area contributed by atoms with E-state index in [-0.39, 0.29) is 13.1 Å². The molecule has 2 aromatic carbocycles. The zero-order chi connectivity index (χ0) is 19.1. The molecular formula is C25H18BO2. The second kappa shape index (κ2) is 6.48. The maximum Gasteiger partial charge on any atom is 0.482 e. The molecule has 2 aromatic rings. The molecule has 0 unspecified atom stereocenters. The fourth-order valence-corrected chi connectivity index (χ4v) is 4.69. The highest BCUT2D eigenvalue weighted by Gasteiger charge is 2.43. The fourth-order valence-electron chi connectivity index (χ4n) is 4.69. The van der Waals surface area contributed by atoms with Gasteiger partial charge in [-0.25, -0.2) is 0 Å². The molecular weight excluding hydrogens is 343 g/mol. The average molecular weight is 361 g/mol. The molecule has 0 amide bonds. The molecule has 0 atom stereocenters. The van der Waals surface area contributed by atoms with E-state index in [1.165, 1.54) is 44.5 Å². The Hall–Kier alpha value is -3.14. The molecule has 1 spiro atoms. The first-order valence-electron chi connectivity index (χ1n) is 9.31. The van der Waals surface area contributed by atoms with Crippen LogP contribution in [0.1, 0.15) is 22.3 Å². The number of allylic oxidation sites excluding steroid dienone is 10. The van der Waals surface area contributed by atoms with E-state index in [1.54, 1.807) is 0 Å². The summed E-state index contributed by atoms with van der Waals surface area (Å²) in [6, 6.07) is 17.4. The molecule has 133 valence electrons. The van der Waals surface area contributed by atoms with E-state index in [0.29, 0.717) is 0 Å². The molecule has 0 aromatic heterocycles. The summed E-state index contributed by atoms with van der Waals surface area (Å²) >= 11 is 0. The van der Waals surface area contributed by atoms with Crippen LogP contribution in [0, 0.1) is 5.41 Å². The van der Waals surface area contributed by atoms with Crippen LogP contribution in [0.2, 0.25) is 0 Å². The molecule has 2 N–H and O–H groups in total. The summed E-state index contributed by atoms with van der Waals surface area (Å²) in [5.41, 5.74) is 10.7. The predicted molar refractivity (Wildman–Crippen MR) is 116 cm³/mol. The molecule has 6 rings (SSSR count). The van der Waals surface area contributed by atoms with Crippen LogP contribution in [0.5, 0.6) is 0 Å². The minimum atomic E-state index is -0.161. The Bertz CT molecular complexity index is 1070. The second-order valence-electron chi connectivity index (χ2n) is 7.15. The van der Waals surface area contributed by atoms with Crippen LogP contribution in [0.15, 0.2) is 96.1 Å². The van der Waals surface area contributed by atoms with Gasteiger partial charge in [-0.1, -0.05) is 85.0 Å². The highest BCUT2D eigenvalue weighted by molar-refractivity contribution is 6.13. The van der Waals surface area contributed by atoms with Crippen LogP contribution in [0.4, 0.5) is 0 Å². The standard InChI is InChI=1S/C25H16.BH2O2/c1-3-9-19-17(7-1)15-23-21(19)11-5-13-25(23)14-6-12-22-20-10-4-2-8-18(20)16-24(22)25;2-1-3/h1-16H;2-3H. The Kier molecular flexibility index (Phi) is 3.94. The monoisotopic (exact) mass is 361 g/mol. The normalized spacial score (nSPS) is 18.5. The summed E-state index contributed by atoms with van der Waals surface area (Å²) in [7, 11) is 0. The highest BCUT2D eigenvalue weighted by atomic mass is 16.4. The topological polar surface area (TPSA) is 40.5 Å². The molecule has 0 heterocycles. The van der Waals surface area contributed by atoms with E-state index in [0.717, 1.165) is 0 Å². The number of benzene rings is 2. The van der Waals surface area contributed by atoms with Crippen molar-refractivity contribution in [2.75, 3.05) is 0 Å². The van der Waals surface area contributed by atoms with Gasteiger partial charge < -0.3 is 10.0 Å². The average Bonchev–Trinajstić information content (AvgIpc) is 3.29. The van der Waals surface area contributed by atoms with Gasteiger partial charge in [0, 0.05) is 0 Å². The molecule has 0 bridgehead atoms. The molecule has 0 saturated carbocycles. The van der Waals surface area contributed by atoms with E-state index in [9.17, 15) is 0 Å². The minimum absolute atomic E-state index is 0. The van der Waals surface area contributed by atoms with E-state index in [2.05, 4.69) is 97.1 Å². The zero-order valence-corrected chi connectivity index (χ0v) is 15.2. The fraction of sp³-hybridized carbons (Fsp3) is 0.0400. The van der Waals surface area contributed by atoms with Gasteiger partial charge in [0.15, 0.2) is 0 Å². The molecule has 3 heteroatoms. The Labute approximate surface area is 165 Å². The first kappa shape index (κ1) is 17.0. The van der Waals surface area contributed by atoms with Gasteiger partial charge in [0.25, 0.3) is 0 Å². The van der Waals surface area contributed by atoms with Crippen LogP contribution < -0.4 is 0 Å². The molecule has 0 fully saturated rings. The molecule has 4 aliphatic rings. The van der Waals surface area contributed by atoms with Gasteiger partial charge in [-0.3, -0.25) is 0 Å². The summed E-state index contributed by atoms with van der Waals surface area (Å²) < 4.78 is 0. The summed E-state index contributed by atoms with van der Waals surface area (Å²) in [5.74, 6) is 0.